The minimum Gasteiger partial charge on any atom is -0.481 e. The van der Waals surface area contributed by atoms with Crippen LogP contribution in [0.4, 0.5) is 5.13 Å². The van der Waals surface area contributed by atoms with Gasteiger partial charge in [-0.2, -0.15) is 11.8 Å². The van der Waals surface area contributed by atoms with Gasteiger partial charge in [0.2, 0.25) is 0 Å². The van der Waals surface area contributed by atoms with Crippen LogP contribution < -0.4 is 5.32 Å². The van der Waals surface area contributed by atoms with E-state index < -0.39 is 5.97 Å². The molecule has 1 heterocycles. The highest BCUT2D eigenvalue weighted by atomic mass is 32.2. The molecule has 0 spiro atoms. The van der Waals surface area contributed by atoms with Crippen molar-refractivity contribution in [3.8, 4) is 0 Å². The minimum atomic E-state index is -0.846. The molecule has 4 nitrogen and oxygen atoms in total. The summed E-state index contributed by atoms with van der Waals surface area (Å²) in [6.07, 6.45) is 2.06. The number of nitrogens with one attached hydrogen (secondary N) is 1. The van der Waals surface area contributed by atoms with Crippen molar-refractivity contribution >= 4 is 34.2 Å². The van der Waals surface area contributed by atoms with Crippen LogP contribution in [-0.2, 0) is 11.2 Å². The molecule has 0 saturated carbocycles. The van der Waals surface area contributed by atoms with Gasteiger partial charge in [0.25, 0.3) is 0 Å². The van der Waals surface area contributed by atoms with Gasteiger partial charge in [-0.3, -0.25) is 4.79 Å². The lowest BCUT2D eigenvalue weighted by Gasteiger charge is -2.21. The number of hydrogen-bond donors (Lipinski definition) is 2. The van der Waals surface area contributed by atoms with Gasteiger partial charge in [-0.25, -0.2) is 4.98 Å². The Hall–Kier alpha value is -0.750. The molecule has 0 radical (unpaired) electrons. The molecule has 1 aromatic rings. The first-order valence-corrected chi connectivity index (χ1v) is 6.98. The number of carbonyl (C=O) groups is 1. The third kappa shape index (κ3) is 4.40. The fourth-order valence-electron chi connectivity index (χ4n) is 0.985. The van der Waals surface area contributed by atoms with Gasteiger partial charge >= 0.3 is 5.97 Å². The van der Waals surface area contributed by atoms with E-state index in [0.717, 1.165) is 11.7 Å². The molecule has 0 aliphatic rings. The summed E-state index contributed by atoms with van der Waals surface area (Å²) in [7, 11) is 0. The molecule has 0 bridgehead atoms. The van der Waals surface area contributed by atoms with Crippen molar-refractivity contribution in [1.29, 1.82) is 0 Å². The first-order valence-electron chi connectivity index (χ1n) is 4.88. The van der Waals surface area contributed by atoms with Crippen molar-refractivity contribution in [3.63, 3.8) is 0 Å². The summed E-state index contributed by atoms with van der Waals surface area (Å²) in [5.74, 6) is -0.846. The maximum Gasteiger partial charge on any atom is 0.309 e. The first kappa shape index (κ1) is 13.3. The Morgan fingerprint density at radius 1 is 1.69 bits per heavy atom. The standard InChI is InChI=1S/C10H16N2O2S2/c1-10(2,15-3)6-11-9-12-7(5-16-9)4-8(13)14/h5H,4,6H2,1-3H3,(H,11,12)(H,13,14). The molecule has 0 saturated heterocycles. The molecule has 2 N–H and O–H groups in total. The summed E-state index contributed by atoms with van der Waals surface area (Å²) in [6.45, 7) is 5.11. The highest BCUT2D eigenvalue weighted by Gasteiger charge is 2.16. The Labute approximate surface area is 103 Å². The molecular formula is C10H16N2O2S2. The van der Waals surface area contributed by atoms with Gasteiger partial charge in [0.1, 0.15) is 0 Å². The third-order valence-corrected chi connectivity index (χ3v) is 4.20. The topological polar surface area (TPSA) is 62.2 Å². The Morgan fingerprint density at radius 3 is 2.94 bits per heavy atom. The van der Waals surface area contributed by atoms with Gasteiger partial charge in [0.05, 0.1) is 12.1 Å². The van der Waals surface area contributed by atoms with Gasteiger partial charge < -0.3 is 10.4 Å². The van der Waals surface area contributed by atoms with Gasteiger partial charge in [-0.1, -0.05) is 0 Å². The van der Waals surface area contributed by atoms with E-state index in [9.17, 15) is 4.79 Å². The average Bonchev–Trinajstić information content (AvgIpc) is 2.62. The maximum absolute atomic E-state index is 10.5. The Morgan fingerprint density at radius 2 is 2.38 bits per heavy atom. The van der Waals surface area contributed by atoms with Crippen LogP contribution in [0.15, 0.2) is 5.38 Å². The van der Waals surface area contributed by atoms with Crippen molar-refractivity contribution in [3.05, 3.63) is 11.1 Å². The van der Waals surface area contributed by atoms with Crippen LogP contribution in [0.2, 0.25) is 0 Å². The van der Waals surface area contributed by atoms with Crippen molar-refractivity contribution in [2.45, 2.75) is 25.0 Å². The van der Waals surface area contributed by atoms with Crippen LogP contribution in [0, 0.1) is 0 Å². The molecule has 0 aromatic carbocycles. The van der Waals surface area contributed by atoms with E-state index in [1.165, 1.54) is 11.3 Å². The van der Waals surface area contributed by atoms with Gasteiger partial charge in [0.15, 0.2) is 5.13 Å². The van der Waals surface area contributed by atoms with Crippen LogP contribution in [-0.4, -0.2) is 33.6 Å². The summed E-state index contributed by atoms with van der Waals surface area (Å²) >= 11 is 3.23. The molecule has 0 amide bonds. The first-order chi connectivity index (χ1) is 7.43. The summed E-state index contributed by atoms with van der Waals surface area (Å²) < 4.78 is 0.151. The number of anilines is 1. The fraction of sp³-hybridized carbons (Fsp3) is 0.600. The molecule has 0 atom stereocenters. The predicted molar refractivity (Wildman–Crippen MR) is 69.5 cm³/mol. The normalized spacial score (nSPS) is 11.4. The number of carboxylic acid groups (broad SMARTS) is 1. The molecule has 1 rings (SSSR count). The number of thioether (sulfide) groups is 1. The summed E-state index contributed by atoms with van der Waals surface area (Å²) in [5.41, 5.74) is 0.613. The van der Waals surface area contributed by atoms with E-state index in [-0.39, 0.29) is 11.2 Å². The third-order valence-electron chi connectivity index (χ3n) is 2.10. The Bertz CT molecular complexity index is 363. The molecular weight excluding hydrogens is 244 g/mol. The quantitative estimate of drug-likeness (QED) is 0.822. The lowest BCUT2D eigenvalue weighted by molar-refractivity contribution is -0.136. The summed E-state index contributed by atoms with van der Waals surface area (Å²) in [5, 5.41) is 14.4. The smallest absolute Gasteiger partial charge is 0.309 e. The predicted octanol–water partition coefficient (Wildman–Crippen LogP) is 2.32. The molecule has 6 heteroatoms. The maximum atomic E-state index is 10.5. The zero-order chi connectivity index (χ0) is 12.2. The van der Waals surface area contributed by atoms with Crippen molar-refractivity contribution in [1.82, 2.24) is 4.98 Å². The van der Waals surface area contributed by atoms with Gasteiger partial charge in [-0.05, 0) is 20.1 Å². The highest BCUT2D eigenvalue weighted by Crippen LogP contribution is 2.23. The zero-order valence-electron chi connectivity index (χ0n) is 9.61. The SMILES string of the molecule is CSC(C)(C)CNc1nc(CC(=O)O)cs1. The van der Waals surface area contributed by atoms with Crippen LogP contribution in [0.5, 0.6) is 0 Å². The summed E-state index contributed by atoms with van der Waals surface area (Å²) in [4.78, 5) is 14.7. The molecule has 0 unspecified atom stereocenters. The largest absolute Gasteiger partial charge is 0.481 e. The number of aliphatic carboxylic acids is 1. The van der Waals surface area contributed by atoms with E-state index in [1.54, 1.807) is 17.1 Å². The van der Waals surface area contributed by atoms with E-state index in [1.807, 2.05) is 0 Å². The second-order valence-electron chi connectivity index (χ2n) is 4.03. The van der Waals surface area contributed by atoms with E-state index in [0.29, 0.717) is 5.69 Å². The minimum absolute atomic E-state index is 0.00982. The number of rotatable bonds is 6. The molecule has 16 heavy (non-hydrogen) atoms. The number of hydrogen-bond acceptors (Lipinski definition) is 5. The van der Waals surface area contributed by atoms with Crippen LogP contribution >= 0.6 is 23.1 Å². The fourth-order valence-corrected chi connectivity index (χ4v) is 1.91. The molecule has 0 fully saturated rings. The lowest BCUT2D eigenvalue weighted by atomic mass is 10.2. The highest BCUT2D eigenvalue weighted by molar-refractivity contribution is 7.99. The number of thiazole rings is 1. The number of carboxylic acids is 1. The molecule has 0 aliphatic carbocycles. The van der Waals surface area contributed by atoms with Crippen LogP contribution in [0.1, 0.15) is 19.5 Å². The number of aromatic nitrogens is 1. The van der Waals surface area contributed by atoms with E-state index >= 15 is 0 Å². The lowest BCUT2D eigenvalue weighted by Crippen LogP contribution is -2.25. The number of nitrogens with zero attached hydrogens (tertiary/aromatic N) is 1. The zero-order valence-corrected chi connectivity index (χ0v) is 11.2. The van der Waals surface area contributed by atoms with E-state index in [2.05, 4.69) is 30.4 Å². The second-order valence-corrected chi connectivity index (χ2v) is 6.40. The average molecular weight is 260 g/mol. The monoisotopic (exact) mass is 260 g/mol. The Kier molecular flexibility index (Phi) is 4.61. The van der Waals surface area contributed by atoms with Gasteiger partial charge in [0, 0.05) is 16.7 Å². The van der Waals surface area contributed by atoms with Crippen molar-refractivity contribution in [2.75, 3.05) is 18.1 Å². The van der Waals surface area contributed by atoms with Gasteiger partial charge in [-0.15, -0.1) is 11.3 Å². The molecule has 1 aromatic heterocycles. The van der Waals surface area contributed by atoms with Crippen molar-refractivity contribution < 1.29 is 9.90 Å². The summed E-state index contributed by atoms with van der Waals surface area (Å²) in [6, 6.07) is 0. The van der Waals surface area contributed by atoms with Crippen LogP contribution in [0.25, 0.3) is 0 Å². The van der Waals surface area contributed by atoms with Crippen LogP contribution in [0.3, 0.4) is 0 Å². The van der Waals surface area contributed by atoms with E-state index in [4.69, 9.17) is 5.11 Å². The molecule has 0 aliphatic heterocycles. The Balaban J connectivity index is 2.49. The van der Waals surface area contributed by atoms with Crippen molar-refractivity contribution in [2.24, 2.45) is 0 Å². The molecule has 90 valence electrons. The second kappa shape index (κ2) is 5.54.